The van der Waals surface area contributed by atoms with E-state index in [-0.39, 0.29) is 39.6 Å². The Morgan fingerprint density at radius 2 is 1.94 bits per heavy atom. The third kappa shape index (κ3) is 3.56. The maximum atomic E-state index is 14.4. The van der Waals surface area contributed by atoms with E-state index in [1.807, 2.05) is 6.07 Å². The van der Waals surface area contributed by atoms with Crippen molar-refractivity contribution in [1.29, 1.82) is 5.26 Å². The van der Waals surface area contributed by atoms with E-state index in [2.05, 4.69) is 15.3 Å². The van der Waals surface area contributed by atoms with Gasteiger partial charge in [-0.05, 0) is 19.1 Å². The first kappa shape index (κ1) is 20.0. The van der Waals surface area contributed by atoms with E-state index < -0.39 is 16.9 Å². The molecule has 4 aromatic rings. The molecule has 2 aromatic heterocycles. The van der Waals surface area contributed by atoms with E-state index in [9.17, 15) is 14.4 Å². The Labute approximate surface area is 176 Å². The molecule has 0 aliphatic heterocycles. The Balaban J connectivity index is 2.00. The molecule has 2 aromatic carbocycles. The van der Waals surface area contributed by atoms with E-state index in [1.165, 1.54) is 31.3 Å². The maximum absolute atomic E-state index is 14.4. The lowest BCUT2D eigenvalue weighted by Crippen LogP contribution is -2.46. The van der Waals surface area contributed by atoms with Crippen LogP contribution in [-0.4, -0.2) is 9.97 Å². The maximum Gasteiger partial charge on any atom is 0.222 e. The lowest BCUT2D eigenvalue weighted by atomic mass is 9.95. The number of halogens is 1. The highest BCUT2D eigenvalue weighted by atomic mass is 19.1. The molecule has 31 heavy (non-hydrogen) atoms. The summed E-state index contributed by atoms with van der Waals surface area (Å²) in [5.74, 6) is -0.590. The molecule has 1 unspecified atom stereocenters. The van der Waals surface area contributed by atoms with Gasteiger partial charge in [-0.3, -0.25) is 4.79 Å². The summed E-state index contributed by atoms with van der Waals surface area (Å²) < 4.78 is 20.3. The van der Waals surface area contributed by atoms with Crippen molar-refractivity contribution >= 4 is 22.7 Å². The monoisotopic (exact) mass is 416 g/mol. The summed E-state index contributed by atoms with van der Waals surface area (Å²) in [5.41, 5.74) is 10.6. The number of nitrogen functional groups attached to an aromatic ring is 1. The lowest BCUT2D eigenvalue weighted by Gasteiger charge is -2.28. The predicted octanol–water partition coefficient (Wildman–Crippen LogP) is 3.09. The minimum absolute atomic E-state index is 0.0378. The van der Waals surface area contributed by atoms with Crippen LogP contribution in [0.2, 0.25) is 0 Å². The van der Waals surface area contributed by atoms with Gasteiger partial charge in [-0.25, -0.2) is 9.37 Å². The molecular formula is C22H17FN6O2. The van der Waals surface area contributed by atoms with Crippen LogP contribution in [0.1, 0.15) is 18.1 Å². The standard InChI is InChI=1S/C22H17FN6O2/c1-22(26,29-20-13(10-24)11-27-21(25)28-20)16-17(30)14-8-5-9-15(23)19(14)31-18(16)12-6-3-2-4-7-12/h2-9,11H,26H2,1H3,(H3,25,27,28,29). The smallest absolute Gasteiger partial charge is 0.222 e. The summed E-state index contributed by atoms with van der Waals surface area (Å²) in [7, 11) is 0. The minimum atomic E-state index is -1.57. The largest absolute Gasteiger partial charge is 0.452 e. The molecule has 154 valence electrons. The molecule has 0 saturated heterocycles. The number of nitrogens with zero attached hydrogens (tertiary/aromatic N) is 3. The number of fused-ring (bicyclic) bond motifs is 1. The molecule has 9 heteroatoms. The Hall–Kier alpha value is -4.29. The summed E-state index contributed by atoms with van der Waals surface area (Å²) in [5, 5.41) is 12.3. The van der Waals surface area contributed by atoms with Crippen molar-refractivity contribution in [2.24, 2.45) is 5.73 Å². The van der Waals surface area contributed by atoms with E-state index in [4.69, 9.17) is 15.9 Å². The number of nitrogens with two attached hydrogens (primary N) is 2. The Bertz CT molecular complexity index is 1390. The van der Waals surface area contributed by atoms with Crippen LogP contribution in [0.5, 0.6) is 0 Å². The van der Waals surface area contributed by atoms with Gasteiger partial charge in [0.1, 0.15) is 23.1 Å². The molecule has 0 radical (unpaired) electrons. The molecule has 2 heterocycles. The summed E-state index contributed by atoms with van der Waals surface area (Å²) in [6.07, 6.45) is 1.25. The number of anilines is 2. The van der Waals surface area contributed by atoms with Gasteiger partial charge in [0.25, 0.3) is 0 Å². The normalized spacial score (nSPS) is 12.8. The number of rotatable bonds is 4. The second kappa shape index (κ2) is 7.51. The Morgan fingerprint density at radius 1 is 1.19 bits per heavy atom. The molecule has 8 nitrogen and oxygen atoms in total. The number of aromatic nitrogens is 2. The van der Waals surface area contributed by atoms with Crippen molar-refractivity contribution in [3.8, 4) is 17.4 Å². The average Bonchev–Trinajstić information content (AvgIpc) is 2.74. The predicted molar refractivity (Wildman–Crippen MR) is 114 cm³/mol. The molecule has 4 rings (SSSR count). The van der Waals surface area contributed by atoms with Crippen molar-refractivity contribution in [2.45, 2.75) is 12.6 Å². The summed E-state index contributed by atoms with van der Waals surface area (Å²) in [6.45, 7) is 1.52. The Morgan fingerprint density at radius 3 is 2.65 bits per heavy atom. The van der Waals surface area contributed by atoms with Crippen LogP contribution in [0.3, 0.4) is 0 Å². The molecule has 0 amide bonds. The third-order valence-corrected chi connectivity index (χ3v) is 4.73. The molecule has 0 aliphatic carbocycles. The highest BCUT2D eigenvalue weighted by Crippen LogP contribution is 2.33. The van der Waals surface area contributed by atoms with E-state index in [0.29, 0.717) is 5.56 Å². The van der Waals surface area contributed by atoms with Gasteiger partial charge in [0, 0.05) is 5.56 Å². The van der Waals surface area contributed by atoms with Crippen LogP contribution in [-0.2, 0) is 5.66 Å². The minimum Gasteiger partial charge on any atom is -0.452 e. The SMILES string of the molecule is CC(N)(Nc1nc(N)ncc1C#N)c1c(-c2ccccc2)oc2c(F)cccc2c1=O. The first-order chi connectivity index (χ1) is 14.8. The van der Waals surface area contributed by atoms with Crippen molar-refractivity contribution < 1.29 is 8.81 Å². The van der Waals surface area contributed by atoms with E-state index in [1.54, 1.807) is 30.3 Å². The zero-order chi connectivity index (χ0) is 22.2. The van der Waals surface area contributed by atoms with Gasteiger partial charge < -0.3 is 21.2 Å². The second-order valence-electron chi connectivity index (χ2n) is 7.05. The fourth-order valence-corrected chi connectivity index (χ4v) is 3.33. The number of hydrogen-bond acceptors (Lipinski definition) is 8. The van der Waals surface area contributed by atoms with Gasteiger partial charge in [0.05, 0.1) is 17.1 Å². The number of para-hydroxylation sites is 1. The first-order valence-electron chi connectivity index (χ1n) is 9.22. The lowest BCUT2D eigenvalue weighted by molar-refractivity contribution is 0.516. The Kier molecular flexibility index (Phi) is 4.85. The third-order valence-electron chi connectivity index (χ3n) is 4.73. The average molecular weight is 416 g/mol. The quantitative estimate of drug-likeness (QED) is 0.431. The van der Waals surface area contributed by atoms with E-state index in [0.717, 1.165) is 0 Å². The zero-order valence-corrected chi connectivity index (χ0v) is 16.4. The zero-order valence-electron chi connectivity index (χ0n) is 16.4. The highest BCUT2D eigenvalue weighted by Gasteiger charge is 2.32. The molecular weight excluding hydrogens is 399 g/mol. The summed E-state index contributed by atoms with van der Waals surface area (Å²) in [6, 6.07) is 14.8. The molecule has 5 N–H and O–H groups in total. The van der Waals surface area contributed by atoms with Gasteiger partial charge >= 0.3 is 0 Å². The van der Waals surface area contributed by atoms with Crippen LogP contribution < -0.4 is 22.2 Å². The summed E-state index contributed by atoms with van der Waals surface area (Å²) >= 11 is 0. The van der Waals surface area contributed by atoms with Crippen molar-refractivity contribution in [2.75, 3.05) is 11.1 Å². The van der Waals surface area contributed by atoms with Crippen LogP contribution in [0.4, 0.5) is 16.2 Å². The molecule has 0 spiro atoms. The van der Waals surface area contributed by atoms with Crippen molar-refractivity contribution in [3.05, 3.63) is 81.9 Å². The number of benzene rings is 2. The first-order valence-corrected chi connectivity index (χ1v) is 9.22. The number of hydrogen-bond donors (Lipinski definition) is 3. The van der Waals surface area contributed by atoms with Crippen molar-refractivity contribution in [1.82, 2.24) is 9.97 Å². The number of nitriles is 1. The highest BCUT2D eigenvalue weighted by molar-refractivity contribution is 5.81. The van der Waals surface area contributed by atoms with Gasteiger partial charge in [0.2, 0.25) is 5.95 Å². The van der Waals surface area contributed by atoms with Gasteiger partial charge in [0.15, 0.2) is 22.6 Å². The van der Waals surface area contributed by atoms with E-state index >= 15 is 0 Å². The molecule has 0 saturated carbocycles. The van der Waals surface area contributed by atoms with Gasteiger partial charge in [-0.15, -0.1) is 0 Å². The molecule has 0 aliphatic rings. The van der Waals surface area contributed by atoms with Crippen molar-refractivity contribution in [3.63, 3.8) is 0 Å². The van der Waals surface area contributed by atoms with Crippen LogP contribution in [0.15, 0.2) is 63.9 Å². The van der Waals surface area contributed by atoms with Crippen LogP contribution in [0.25, 0.3) is 22.3 Å². The molecule has 0 bridgehead atoms. The molecule has 1 atom stereocenters. The second-order valence-corrected chi connectivity index (χ2v) is 7.05. The summed E-state index contributed by atoms with van der Waals surface area (Å²) in [4.78, 5) is 21.3. The number of nitrogens with one attached hydrogen (secondary N) is 1. The van der Waals surface area contributed by atoms with Crippen LogP contribution in [0, 0.1) is 17.1 Å². The molecule has 0 fully saturated rings. The fraction of sp³-hybridized carbons (Fsp3) is 0.0909. The van der Waals surface area contributed by atoms with Crippen LogP contribution >= 0.6 is 0 Å². The fourth-order valence-electron chi connectivity index (χ4n) is 3.33. The van der Waals surface area contributed by atoms with Gasteiger partial charge in [-0.1, -0.05) is 36.4 Å². The topological polar surface area (TPSA) is 144 Å². The van der Waals surface area contributed by atoms with Gasteiger partial charge in [-0.2, -0.15) is 10.2 Å².